The summed E-state index contributed by atoms with van der Waals surface area (Å²) in [6, 6.07) is 31.3. The van der Waals surface area contributed by atoms with Crippen molar-refractivity contribution in [2.45, 2.75) is 85.4 Å². The first kappa shape index (κ1) is 33.6. The molecule has 0 bridgehead atoms. The molecular formula is C39H49O4Si. The van der Waals surface area contributed by atoms with Crippen LogP contribution in [-0.4, -0.2) is 33.0 Å². The van der Waals surface area contributed by atoms with Gasteiger partial charge in [-0.15, -0.1) is 0 Å². The number of carbonyl (C=O) groups is 1. The number of aliphatic hydroxyl groups is 1. The standard InChI is InChI=1S/C39H49O4Si/c1-28-30(3)39(41,43-44(32-22-14-9-15-23-32)33-24-16-10-17-25-33)37(29(2)36(28)38(4,5)6)34(31-20-12-8-13-21-31)26-18-11-19-27-35(40)42-7/h8-10,12-17,20-25,30,34,41H,11,18-19,26-27H2,1-7H3. The number of ether oxygens (including phenoxy) is 1. The predicted molar refractivity (Wildman–Crippen MR) is 182 cm³/mol. The van der Waals surface area contributed by atoms with Crippen molar-refractivity contribution in [3.63, 3.8) is 0 Å². The highest BCUT2D eigenvalue weighted by Gasteiger charge is 2.50. The largest absolute Gasteiger partial charge is 0.469 e. The molecule has 44 heavy (non-hydrogen) atoms. The minimum atomic E-state index is -1.83. The fourth-order valence-corrected chi connectivity index (χ4v) is 9.09. The molecule has 3 atom stereocenters. The number of carbonyl (C=O) groups excluding carboxylic acids is 1. The maximum atomic E-state index is 13.2. The van der Waals surface area contributed by atoms with Gasteiger partial charge in [-0.1, -0.05) is 137 Å². The molecule has 0 heterocycles. The Labute approximate surface area is 266 Å². The van der Waals surface area contributed by atoms with Crippen molar-refractivity contribution in [1.82, 2.24) is 0 Å². The lowest BCUT2D eigenvalue weighted by Crippen LogP contribution is -2.57. The van der Waals surface area contributed by atoms with E-state index in [1.54, 1.807) is 0 Å². The Morgan fingerprint density at radius 1 is 0.864 bits per heavy atom. The van der Waals surface area contributed by atoms with Gasteiger partial charge in [0.1, 0.15) is 0 Å². The third-order valence-electron chi connectivity index (χ3n) is 9.03. The van der Waals surface area contributed by atoms with Crippen molar-refractivity contribution in [3.8, 4) is 0 Å². The van der Waals surface area contributed by atoms with E-state index in [0.717, 1.165) is 47.2 Å². The van der Waals surface area contributed by atoms with E-state index in [2.05, 4.69) is 90.1 Å². The minimum absolute atomic E-state index is 0.0537. The molecule has 3 unspecified atom stereocenters. The van der Waals surface area contributed by atoms with Crippen molar-refractivity contribution < 1.29 is 19.1 Å². The number of methoxy groups -OCH3 is 1. The number of benzene rings is 3. The zero-order valence-corrected chi connectivity index (χ0v) is 28.5. The molecular weight excluding hydrogens is 561 g/mol. The van der Waals surface area contributed by atoms with E-state index in [1.807, 2.05) is 42.5 Å². The first-order valence-corrected chi connectivity index (χ1v) is 17.3. The molecule has 0 amide bonds. The Morgan fingerprint density at radius 2 is 1.39 bits per heavy atom. The lowest BCUT2D eigenvalue weighted by molar-refractivity contribution is -0.141. The van der Waals surface area contributed by atoms with Gasteiger partial charge >= 0.3 is 5.97 Å². The lowest BCUT2D eigenvalue weighted by Gasteiger charge is -2.48. The Kier molecular flexibility index (Phi) is 11.2. The minimum Gasteiger partial charge on any atom is -0.469 e. The molecule has 5 heteroatoms. The molecule has 3 aromatic carbocycles. The molecule has 1 aliphatic rings. The van der Waals surface area contributed by atoms with Crippen molar-refractivity contribution >= 4 is 25.4 Å². The van der Waals surface area contributed by atoms with Crippen molar-refractivity contribution in [2.75, 3.05) is 7.11 Å². The first-order valence-electron chi connectivity index (χ1n) is 15.9. The average molecular weight is 610 g/mol. The van der Waals surface area contributed by atoms with E-state index < -0.39 is 14.8 Å². The zero-order valence-electron chi connectivity index (χ0n) is 27.5. The van der Waals surface area contributed by atoms with Crippen molar-refractivity contribution in [1.29, 1.82) is 0 Å². The maximum absolute atomic E-state index is 13.2. The van der Waals surface area contributed by atoms with E-state index in [1.165, 1.54) is 23.8 Å². The van der Waals surface area contributed by atoms with Gasteiger partial charge in [-0.05, 0) is 64.8 Å². The normalized spacial score (nSPS) is 19.8. The highest BCUT2D eigenvalue weighted by molar-refractivity contribution is 6.80. The van der Waals surface area contributed by atoms with E-state index in [4.69, 9.17) is 9.16 Å². The molecule has 0 saturated carbocycles. The Hall–Kier alpha value is -3.25. The second-order valence-electron chi connectivity index (χ2n) is 13.1. The van der Waals surface area contributed by atoms with Crippen LogP contribution in [-0.2, 0) is 14.0 Å². The van der Waals surface area contributed by atoms with Crippen LogP contribution in [0.25, 0.3) is 0 Å². The highest BCUT2D eigenvalue weighted by Crippen LogP contribution is 2.52. The Morgan fingerprint density at radius 3 is 1.89 bits per heavy atom. The molecule has 0 saturated heterocycles. The van der Waals surface area contributed by atoms with E-state index in [0.29, 0.717) is 6.42 Å². The van der Waals surface area contributed by atoms with Gasteiger partial charge in [0.05, 0.1) is 7.11 Å². The zero-order chi connectivity index (χ0) is 31.9. The van der Waals surface area contributed by atoms with Gasteiger partial charge in [-0.25, -0.2) is 0 Å². The van der Waals surface area contributed by atoms with Crippen LogP contribution in [0.2, 0.25) is 0 Å². The number of esters is 1. The van der Waals surface area contributed by atoms with Crippen LogP contribution >= 0.6 is 0 Å². The number of allylic oxidation sites excluding steroid dienone is 2. The molecule has 3 aromatic rings. The number of unbranched alkanes of at least 4 members (excludes halogenated alkanes) is 2. The second-order valence-corrected chi connectivity index (χ2v) is 15.1. The van der Waals surface area contributed by atoms with Gasteiger partial charge in [0.2, 0.25) is 0 Å². The monoisotopic (exact) mass is 609 g/mol. The topological polar surface area (TPSA) is 55.8 Å². The molecule has 1 aliphatic carbocycles. The average Bonchev–Trinajstić information content (AvgIpc) is 3.02. The summed E-state index contributed by atoms with van der Waals surface area (Å²) in [7, 11) is -0.392. The predicted octanol–water partition coefficient (Wildman–Crippen LogP) is 7.73. The summed E-state index contributed by atoms with van der Waals surface area (Å²) in [5, 5.41) is 15.4. The van der Waals surface area contributed by atoms with E-state index in [9.17, 15) is 9.90 Å². The highest BCUT2D eigenvalue weighted by atomic mass is 28.3. The van der Waals surface area contributed by atoms with Crippen LogP contribution in [0.15, 0.2) is 113 Å². The summed E-state index contributed by atoms with van der Waals surface area (Å²) in [5.41, 5.74) is 5.63. The summed E-state index contributed by atoms with van der Waals surface area (Å²) in [4.78, 5) is 11.8. The second kappa shape index (κ2) is 14.7. The molecule has 4 rings (SSSR count). The maximum Gasteiger partial charge on any atom is 0.305 e. The van der Waals surface area contributed by atoms with Gasteiger partial charge in [-0.2, -0.15) is 0 Å². The van der Waals surface area contributed by atoms with Crippen LogP contribution in [0.4, 0.5) is 0 Å². The number of rotatable bonds is 12. The van der Waals surface area contributed by atoms with Crippen LogP contribution in [0.1, 0.15) is 85.1 Å². The molecule has 4 nitrogen and oxygen atoms in total. The van der Waals surface area contributed by atoms with Crippen LogP contribution in [0.3, 0.4) is 0 Å². The number of hydrogen-bond acceptors (Lipinski definition) is 4. The van der Waals surface area contributed by atoms with Crippen molar-refractivity contribution in [3.05, 3.63) is 119 Å². The summed E-state index contributed by atoms with van der Waals surface area (Å²) in [6.07, 6.45) is 3.87. The van der Waals surface area contributed by atoms with Gasteiger partial charge in [0, 0.05) is 18.3 Å². The van der Waals surface area contributed by atoms with Crippen LogP contribution in [0.5, 0.6) is 0 Å². The fraction of sp³-hybridized carbons (Fsp3) is 0.410. The van der Waals surface area contributed by atoms with Gasteiger partial charge < -0.3 is 14.3 Å². The fourth-order valence-electron chi connectivity index (χ4n) is 6.93. The van der Waals surface area contributed by atoms with Crippen LogP contribution < -0.4 is 10.4 Å². The molecule has 1 radical (unpaired) electrons. The molecule has 0 fully saturated rings. The summed E-state index contributed by atoms with van der Waals surface area (Å²) in [5.74, 6) is -2.00. The molecule has 0 aromatic heterocycles. The Balaban J connectivity index is 1.86. The molecule has 1 N–H and O–H groups in total. The SMILES string of the molecule is COC(=O)CCCCCC(C1=C(C)C(C(C)(C)C)=C(C)C(C)C1(O)O[Si](c1ccccc1)c1ccccc1)c1ccccc1. The third kappa shape index (κ3) is 7.51. The lowest BCUT2D eigenvalue weighted by atomic mass is 9.65. The quantitative estimate of drug-likeness (QED) is 0.0988. The van der Waals surface area contributed by atoms with Crippen LogP contribution in [0, 0.1) is 11.3 Å². The summed E-state index contributed by atoms with van der Waals surface area (Å²) >= 11 is 0. The first-order chi connectivity index (χ1) is 21.0. The summed E-state index contributed by atoms with van der Waals surface area (Å²) in [6.45, 7) is 13.3. The number of hydrogen-bond donors (Lipinski definition) is 1. The third-order valence-corrected chi connectivity index (χ3v) is 11.3. The Bertz CT molecular complexity index is 1400. The van der Waals surface area contributed by atoms with E-state index in [-0.39, 0.29) is 23.2 Å². The smallest absolute Gasteiger partial charge is 0.305 e. The molecule has 0 spiro atoms. The molecule has 233 valence electrons. The molecule has 0 aliphatic heterocycles. The van der Waals surface area contributed by atoms with Gasteiger partial charge in [0.25, 0.3) is 9.04 Å². The van der Waals surface area contributed by atoms with Gasteiger partial charge in [0.15, 0.2) is 5.79 Å². The summed E-state index contributed by atoms with van der Waals surface area (Å²) < 4.78 is 12.1. The van der Waals surface area contributed by atoms with E-state index >= 15 is 0 Å². The van der Waals surface area contributed by atoms with Gasteiger partial charge in [-0.3, -0.25) is 4.79 Å². The van der Waals surface area contributed by atoms with Crippen molar-refractivity contribution in [2.24, 2.45) is 11.3 Å².